The Balaban J connectivity index is 2.08. The molecule has 1 aromatic carbocycles. The van der Waals surface area contributed by atoms with Crippen LogP contribution in [-0.2, 0) is 29.2 Å². The second kappa shape index (κ2) is 6.09. The summed E-state index contributed by atoms with van der Waals surface area (Å²) in [4.78, 5) is 0. The molecule has 2 unspecified atom stereocenters. The summed E-state index contributed by atoms with van der Waals surface area (Å²) in [6, 6.07) is 4.46. The molecule has 0 spiro atoms. The van der Waals surface area contributed by atoms with E-state index in [0.717, 1.165) is 31.2 Å². The molecule has 22 heavy (non-hydrogen) atoms. The maximum absolute atomic E-state index is 12.5. The van der Waals surface area contributed by atoms with Crippen molar-refractivity contribution in [2.75, 3.05) is 0 Å². The molecule has 122 valence electrons. The van der Waals surface area contributed by atoms with Crippen LogP contribution in [0, 0.1) is 6.92 Å². The average molecular weight is 320 g/mol. The average Bonchev–Trinajstić information content (AvgIpc) is 2.48. The fourth-order valence-corrected chi connectivity index (χ4v) is 6.81. The molecule has 2 nitrogen and oxygen atoms in total. The van der Waals surface area contributed by atoms with Crippen LogP contribution >= 0.6 is 0 Å². The molecular weight excluding hydrogens is 292 g/mol. The summed E-state index contributed by atoms with van der Waals surface area (Å²) in [5, 5.41) is 11.9. The number of rotatable bonds is 3. The fourth-order valence-electron chi connectivity index (χ4n) is 4.58. The minimum atomic E-state index is -0.770. The Bertz CT molecular complexity index is 552. The van der Waals surface area contributed by atoms with Gasteiger partial charge in [0.1, 0.15) is 0 Å². The number of hydrogen-bond donors (Lipinski definition) is 1. The smallest absolute Gasteiger partial charge is 0.0924 e. The molecule has 2 bridgehead atoms. The van der Waals surface area contributed by atoms with E-state index in [9.17, 15) is 9.32 Å². The van der Waals surface area contributed by atoms with E-state index in [1.54, 1.807) is 0 Å². The van der Waals surface area contributed by atoms with Crippen molar-refractivity contribution in [1.82, 2.24) is 0 Å². The minimum absolute atomic E-state index is 0.188. The first-order valence-corrected chi connectivity index (χ1v) is 10.0. The molecule has 2 fully saturated rings. The summed E-state index contributed by atoms with van der Waals surface area (Å²) >= 11 is 0. The highest BCUT2D eigenvalue weighted by atomic mass is 32.2. The Labute approximate surface area is 136 Å². The van der Waals surface area contributed by atoms with Crippen molar-refractivity contribution in [3.05, 3.63) is 34.4 Å². The zero-order valence-corrected chi connectivity index (χ0v) is 14.8. The molecule has 2 heterocycles. The van der Waals surface area contributed by atoms with E-state index >= 15 is 0 Å². The predicted octanol–water partition coefficient (Wildman–Crippen LogP) is 3.77. The van der Waals surface area contributed by atoms with Gasteiger partial charge < -0.3 is 5.11 Å². The van der Waals surface area contributed by atoms with Crippen LogP contribution in [-0.4, -0.2) is 19.8 Å². The summed E-state index contributed by atoms with van der Waals surface area (Å²) in [6.07, 6.45) is 6.46. The second-order valence-electron chi connectivity index (χ2n) is 7.11. The lowest BCUT2D eigenvalue weighted by atomic mass is 9.75. The first kappa shape index (κ1) is 16.2. The van der Waals surface area contributed by atoms with E-state index in [2.05, 4.69) is 32.9 Å². The van der Waals surface area contributed by atoms with Gasteiger partial charge in [-0.25, -0.2) is 0 Å². The molecule has 3 heteroatoms. The van der Waals surface area contributed by atoms with E-state index in [1.165, 1.54) is 23.1 Å². The van der Waals surface area contributed by atoms with Crippen molar-refractivity contribution in [2.24, 2.45) is 0 Å². The van der Waals surface area contributed by atoms with E-state index in [1.807, 2.05) is 0 Å². The molecule has 1 aromatic rings. The molecule has 1 N–H and O–H groups in total. The van der Waals surface area contributed by atoms with E-state index in [0.29, 0.717) is 12.8 Å². The van der Waals surface area contributed by atoms with E-state index < -0.39 is 16.4 Å². The largest absolute Gasteiger partial charge is 0.385 e. The SMILES string of the molecule is CCc1cc(C)cc(CC)c1C1(O)CC2CCCC(C1)S2=O. The zero-order chi connectivity index (χ0) is 15.9. The molecule has 2 aliphatic heterocycles. The molecule has 0 aromatic heterocycles. The molecule has 2 saturated heterocycles. The first-order chi connectivity index (χ1) is 10.5. The van der Waals surface area contributed by atoms with Crippen LogP contribution in [0.4, 0.5) is 0 Å². The van der Waals surface area contributed by atoms with Gasteiger partial charge in [0.15, 0.2) is 0 Å². The Morgan fingerprint density at radius 3 is 2.09 bits per heavy atom. The van der Waals surface area contributed by atoms with Crippen LogP contribution in [0.2, 0.25) is 0 Å². The molecule has 0 saturated carbocycles. The standard InChI is InChI=1S/C19H28O2S/c1-4-14-9-13(3)10-15(5-2)18(14)19(20)11-16-7-6-8-17(12-19)22(16)21/h9-10,16-17,20H,4-8,11-12H2,1-3H3. The highest BCUT2D eigenvalue weighted by molar-refractivity contribution is 7.86. The number of hydrogen-bond acceptors (Lipinski definition) is 2. The predicted molar refractivity (Wildman–Crippen MR) is 92.6 cm³/mol. The molecule has 2 atom stereocenters. The van der Waals surface area contributed by atoms with Crippen LogP contribution in [0.3, 0.4) is 0 Å². The van der Waals surface area contributed by atoms with Gasteiger partial charge in [-0.15, -0.1) is 0 Å². The van der Waals surface area contributed by atoms with Crippen molar-refractivity contribution in [1.29, 1.82) is 0 Å². The normalized spacial score (nSPS) is 34.6. The Morgan fingerprint density at radius 1 is 1.14 bits per heavy atom. The second-order valence-corrected chi connectivity index (χ2v) is 9.10. The van der Waals surface area contributed by atoms with Crippen LogP contribution in [0.15, 0.2) is 12.1 Å². The van der Waals surface area contributed by atoms with Gasteiger partial charge in [-0.1, -0.05) is 38.0 Å². The van der Waals surface area contributed by atoms with Crippen molar-refractivity contribution in [2.45, 2.75) is 81.8 Å². The molecule has 3 rings (SSSR count). The van der Waals surface area contributed by atoms with Gasteiger partial charge in [-0.2, -0.15) is 0 Å². The van der Waals surface area contributed by atoms with Gasteiger partial charge in [0.05, 0.1) is 5.60 Å². The van der Waals surface area contributed by atoms with Gasteiger partial charge in [-0.05, 0) is 62.1 Å². The van der Waals surface area contributed by atoms with E-state index in [-0.39, 0.29) is 10.5 Å². The van der Waals surface area contributed by atoms with Crippen LogP contribution in [0.25, 0.3) is 0 Å². The lowest BCUT2D eigenvalue weighted by Crippen LogP contribution is -2.48. The maximum atomic E-state index is 12.5. The van der Waals surface area contributed by atoms with Gasteiger partial charge in [0, 0.05) is 21.3 Å². The highest BCUT2D eigenvalue weighted by Gasteiger charge is 2.47. The third kappa shape index (κ3) is 2.67. The molecule has 0 radical (unpaired) electrons. The Morgan fingerprint density at radius 2 is 1.64 bits per heavy atom. The summed E-state index contributed by atoms with van der Waals surface area (Å²) < 4.78 is 12.5. The summed E-state index contributed by atoms with van der Waals surface area (Å²) in [5.41, 5.74) is 4.24. The molecule has 0 aliphatic carbocycles. The highest BCUT2D eigenvalue weighted by Crippen LogP contribution is 2.46. The zero-order valence-electron chi connectivity index (χ0n) is 14.0. The Kier molecular flexibility index (Phi) is 4.48. The van der Waals surface area contributed by atoms with Crippen molar-refractivity contribution in [3.63, 3.8) is 0 Å². The van der Waals surface area contributed by atoms with Crippen LogP contribution in [0.1, 0.15) is 68.2 Å². The third-order valence-corrected chi connectivity index (χ3v) is 7.63. The van der Waals surface area contributed by atoms with Crippen molar-refractivity contribution >= 4 is 10.8 Å². The van der Waals surface area contributed by atoms with Gasteiger partial charge in [-0.3, -0.25) is 4.21 Å². The molecular formula is C19H28O2S. The van der Waals surface area contributed by atoms with Crippen LogP contribution < -0.4 is 0 Å². The summed E-state index contributed by atoms with van der Waals surface area (Å²) in [7, 11) is -0.738. The topological polar surface area (TPSA) is 37.3 Å². The number of benzene rings is 1. The minimum Gasteiger partial charge on any atom is -0.385 e. The lowest BCUT2D eigenvalue weighted by molar-refractivity contribution is 0.00501. The van der Waals surface area contributed by atoms with Crippen molar-refractivity contribution < 1.29 is 9.32 Å². The maximum Gasteiger partial charge on any atom is 0.0924 e. The van der Waals surface area contributed by atoms with Crippen molar-refractivity contribution in [3.8, 4) is 0 Å². The monoisotopic (exact) mass is 320 g/mol. The third-order valence-electron chi connectivity index (χ3n) is 5.51. The van der Waals surface area contributed by atoms with E-state index in [4.69, 9.17) is 0 Å². The number of fused-ring (bicyclic) bond motifs is 2. The summed E-state index contributed by atoms with van der Waals surface area (Å²) in [5.74, 6) is 0. The first-order valence-electron chi connectivity index (χ1n) is 8.73. The van der Waals surface area contributed by atoms with Crippen LogP contribution in [0.5, 0.6) is 0 Å². The molecule has 2 aliphatic rings. The van der Waals surface area contributed by atoms with Gasteiger partial charge in [0.2, 0.25) is 0 Å². The van der Waals surface area contributed by atoms with Gasteiger partial charge in [0.25, 0.3) is 0 Å². The number of aliphatic hydroxyl groups is 1. The lowest BCUT2D eigenvalue weighted by Gasteiger charge is -2.45. The number of aryl methyl sites for hydroxylation is 3. The molecule has 0 amide bonds. The fraction of sp³-hybridized carbons (Fsp3) is 0.684. The quantitative estimate of drug-likeness (QED) is 0.920. The summed E-state index contributed by atoms with van der Waals surface area (Å²) in [6.45, 7) is 6.47. The van der Waals surface area contributed by atoms with Gasteiger partial charge >= 0.3 is 0 Å². The Hall–Kier alpha value is -0.670.